The molecule has 0 aliphatic carbocycles. The van der Waals surface area contributed by atoms with Gasteiger partial charge in [-0.2, -0.15) is 0 Å². The summed E-state index contributed by atoms with van der Waals surface area (Å²) in [7, 11) is 0. The van der Waals surface area contributed by atoms with Crippen LogP contribution < -0.4 is 9.80 Å². The lowest BCUT2D eigenvalue weighted by Crippen LogP contribution is -2.27. The SMILES string of the molecule is CCc1cc(C)cc(CC)c1N1C=CN(c2c(CC)cc(C)cc2CC)C1. The summed E-state index contributed by atoms with van der Waals surface area (Å²) in [5, 5.41) is 0. The van der Waals surface area contributed by atoms with Gasteiger partial charge in [0.05, 0.1) is 6.67 Å². The fourth-order valence-electron chi connectivity index (χ4n) is 4.39. The molecule has 2 aromatic rings. The molecule has 1 aliphatic heterocycles. The van der Waals surface area contributed by atoms with Crippen molar-refractivity contribution < 1.29 is 0 Å². The third-order valence-corrected chi connectivity index (χ3v) is 5.65. The van der Waals surface area contributed by atoms with Crippen LogP contribution in [0.2, 0.25) is 0 Å². The van der Waals surface area contributed by atoms with Crippen LogP contribution in [-0.2, 0) is 25.7 Å². The van der Waals surface area contributed by atoms with E-state index in [-0.39, 0.29) is 0 Å². The van der Waals surface area contributed by atoms with Crippen LogP contribution in [-0.4, -0.2) is 6.67 Å². The summed E-state index contributed by atoms with van der Waals surface area (Å²) in [5.41, 5.74) is 11.4. The van der Waals surface area contributed by atoms with Crippen molar-refractivity contribution in [3.8, 4) is 0 Å². The van der Waals surface area contributed by atoms with Crippen LogP contribution in [0.4, 0.5) is 11.4 Å². The average molecular weight is 363 g/mol. The van der Waals surface area contributed by atoms with Crippen LogP contribution in [0.1, 0.15) is 61.1 Å². The van der Waals surface area contributed by atoms with Gasteiger partial charge in [-0.25, -0.2) is 0 Å². The second-order valence-electron chi connectivity index (χ2n) is 7.66. The number of nitrogens with zero attached hydrogens (tertiary/aromatic N) is 2. The Morgan fingerprint density at radius 2 is 0.889 bits per heavy atom. The predicted octanol–water partition coefficient (Wildman–Crippen LogP) is 6.31. The summed E-state index contributed by atoms with van der Waals surface area (Å²) >= 11 is 0. The van der Waals surface area contributed by atoms with E-state index in [1.807, 2.05) is 0 Å². The molecule has 0 saturated heterocycles. The van der Waals surface area contributed by atoms with Crippen molar-refractivity contribution >= 4 is 11.4 Å². The van der Waals surface area contributed by atoms with E-state index in [2.05, 4.69) is 88.0 Å². The monoisotopic (exact) mass is 362 g/mol. The van der Waals surface area contributed by atoms with E-state index in [1.165, 1.54) is 44.8 Å². The Bertz CT molecular complexity index is 728. The van der Waals surface area contributed by atoms with Crippen molar-refractivity contribution in [3.05, 3.63) is 70.0 Å². The molecule has 1 aliphatic rings. The Morgan fingerprint density at radius 3 is 1.15 bits per heavy atom. The molecule has 0 unspecified atom stereocenters. The first-order valence-corrected chi connectivity index (χ1v) is 10.5. The van der Waals surface area contributed by atoms with E-state index in [0.29, 0.717) is 0 Å². The molecule has 2 nitrogen and oxygen atoms in total. The van der Waals surface area contributed by atoms with Crippen LogP contribution >= 0.6 is 0 Å². The van der Waals surface area contributed by atoms with E-state index in [0.717, 1.165) is 32.4 Å². The van der Waals surface area contributed by atoms with Gasteiger partial charge in [-0.3, -0.25) is 0 Å². The van der Waals surface area contributed by atoms with Gasteiger partial charge in [0.2, 0.25) is 0 Å². The normalized spacial score (nSPS) is 13.7. The van der Waals surface area contributed by atoms with Crippen molar-refractivity contribution in [1.82, 2.24) is 0 Å². The van der Waals surface area contributed by atoms with Gasteiger partial charge in [-0.1, -0.05) is 63.1 Å². The summed E-state index contributed by atoms with van der Waals surface area (Å²) in [5.74, 6) is 0. The highest BCUT2D eigenvalue weighted by molar-refractivity contribution is 5.70. The minimum atomic E-state index is 0.895. The standard InChI is InChI=1S/C25H34N2/c1-7-20-13-18(5)14-21(8-2)24(20)26-11-12-27(17-26)25-22(9-3)15-19(6)16-23(25)10-4/h11-16H,7-10,17H2,1-6H3. The third-order valence-electron chi connectivity index (χ3n) is 5.65. The number of aryl methyl sites for hydroxylation is 6. The lowest BCUT2D eigenvalue weighted by atomic mass is 9.98. The zero-order chi connectivity index (χ0) is 19.6. The fraction of sp³-hybridized carbons (Fsp3) is 0.440. The van der Waals surface area contributed by atoms with Crippen LogP contribution in [0.3, 0.4) is 0 Å². The maximum Gasteiger partial charge on any atom is 0.0989 e. The van der Waals surface area contributed by atoms with Gasteiger partial charge in [0.15, 0.2) is 0 Å². The van der Waals surface area contributed by atoms with Gasteiger partial charge in [-0.15, -0.1) is 0 Å². The molecule has 2 aromatic carbocycles. The molecule has 27 heavy (non-hydrogen) atoms. The molecule has 144 valence electrons. The molecule has 0 N–H and O–H groups in total. The molecule has 2 heteroatoms. The fourth-order valence-corrected chi connectivity index (χ4v) is 4.39. The molecule has 0 bridgehead atoms. The molecule has 0 fully saturated rings. The van der Waals surface area contributed by atoms with Gasteiger partial charge in [0.1, 0.15) is 0 Å². The summed E-state index contributed by atoms with van der Waals surface area (Å²) in [6.45, 7) is 14.4. The number of rotatable bonds is 6. The first-order valence-electron chi connectivity index (χ1n) is 10.5. The van der Waals surface area contributed by atoms with Gasteiger partial charge in [0.25, 0.3) is 0 Å². The van der Waals surface area contributed by atoms with Gasteiger partial charge in [-0.05, 0) is 61.8 Å². The lowest BCUT2D eigenvalue weighted by Gasteiger charge is -2.28. The van der Waals surface area contributed by atoms with Crippen molar-refractivity contribution in [2.45, 2.75) is 67.2 Å². The number of hydrogen-bond donors (Lipinski definition) is 0. The smallest absolute Gasteiger partial charge is 0.0989 e. The van der Waals surface area contributed by atoms with Gasteiger partial charge >= 0.3 is 0 Å². The number of anilines is 2. The van der Waals surface area contributed by atoms with Crippen LogP contribution in [0, 0.1) is 13.8 Å². The Kier molecular flexibility index (Phi) is 5.94. The Labute approximate surface area is 165 Å². The number of hydrogen-bond acceptors (Lipinski definition) is 2. The molecule has 1 heterocycles. The van der Waals surface area contributed by atoms with E-state index >= 15 is 0 Å². The molecule has 0 atom stereocenters. The highest BCUT2D eigenvalue weighted by Crippen LogP contribution is 2.35. The summed E-state index contributed by atoms with van der Waals surface area (Å²) in [4.78, 5) is 4.88. The van der Waals surface area contributed by atoms with Gasteiger partial charge < -0.3 is 9.80 Å². The van der Waals surface area contributed by atoms with Crippen LogP contribution in [0.25, 0.3) is 0 Å². The minimum Gasteiger partial charge on any atom is -0.328 e. The maximum absolute atomic E-state index is 2.44. The van der Waals surface area contributed by atoms with E-state index in [9.17, 15) is 0 Å². The average Bonchev–Trinajstić information content (AvgIpc) is 3.15. The molecular formula is C25H34N2. The summed E-state index contributed by atoms with van der Waals surface area (Å²) < 4.78 is 0. The molecule has 3 rings (SSSR count). The molecular weight excluding hydrogens is 328 g/mol. The van der Waals surface area contributed by atoms with E-state index in [1.54, 1.807) is 0 Å². The second kappa shape index (κ2) is 8.21. The third kappa shape index (κ3) is 3.76. The van der Waals surface area contributed by atoms with Crippen LogP contribution in [0.15, 0.2) is 36.7 Å². The number of benzene rings is 2. The highest BCUT2D eigenvalue weighted by Gasteiger charge is 2.23. The molecule has 0 amide bonds. The second-order valence-corrected chi connectivity index (χ2v) is 7.66. The maximum atomic E-state index is 2.44. The quantitative estimate of drug-likeness (QED) is 0.594. The molecule has 0 radical (unpaired) electrons. The first-order chi connectivity index (χ1) is 13.0. The zero-order valence-corrected chi connectivity index (χ0v) is 17.9. The van der Waals surface area contributed by atoms with Gasteiger partial charge in [0, 0.05) is 23.8 Å². The Balaban J connectivity index is 2.00. The van der Waals surface area contributed by atoms with E-state index < -0.39 is 0 Å². The van der Waals surface area contributed by atoms with Crippen molar-refractivity contribution in [3.63, 3.8) is 0 Å². The minimum absolute atomic E-state index is 0.895. The molecule has 0 spiro atoms. The Hall–Kier alpha value is -2.22. The van der Waals surface area contributed by atoms with Crippen molar-refractivity contribution in [2.24, 2.45) is 0 Å². The molecule has 0 aromatic heterocycles. The summed E-state index contributed by atoms with van der Waals surface area (Å²) in [6.07, 6.45) is 8.81. The predicted molar refractivity (Wildman–Crippen MR) is 119 cm³/mol. The van der Waals surface area contributed by atoms with Crippen molar-refractivity contribution in [2.75, 3.05) is 16.5 Å². The zero-order valence-electron chi connectivity index (χ0n) is 17.9. The topological polar surface area (TPSA) is 6.48 Å². The summed E-state index contributed by atoms with van der Waals surface area (Å²) in [6, 6.07) is 9.41. The molecule has 0 saturated carbocycles. The lowest BCUT2D eigenvalue weighted by molar-refractivity contribution is 0.921. The Morgan fingerprint density at radius 1 is 0.593 bits per heavy atom. The highest BCUT2D eigenvalue weighted by atomic mass is 15.3. The van der Waals surface area contributed by atoms with Crippen LogP contribution in [0.5, 0.6) is 0 Å². The van der Waals surface area contributed by atoms with E-state index in [4.69, 9.17) is 0 Å². The van der Waals surface area contributed by atoms with Crippen molar-refractivity contribution in [1.29, 1.82) is 0 Å². The largest absolute Gasteiger partial charge is 0.328 e. The first kappa shape index (κ1) is 19.5.